The van der Waals surface area contributed by atoms with Crippen LogP contribution in [0.1, 0.15) is 36.0 Å². The van der Waals surface area contributed by atoms with Crippen LogP contribution in [0.4, 0.5) is 5.69 Å². The number of aliphatic hydroxyl groups is 1. The van der Waals surface area contributed by atoms with Gasteiger partial charge >= 0.3 is 0 Å². The van der Waals surface area contributed by atoms with Crippen molar-refractivity contribution >= 4 is 11.6 Å². The highest BCUT2D eigenvalue weighted by Crippen LogP contribution is 2.22. The Balaban J connectivity index is 1.97. The second-order valence-corrected chi connectivity index (χ2v) is 4.69. The lowest BCUT2D eigenvalue weighted by Gasteiger charge is -2.14. The van der Waals surface area contributed by atoms with E-state index >= 15 is 0 Å². The molecule has 0 spiro atoms. The zero-order chi connectivity index (χ0) is 12.8. The number of anilines is 1. The summed E-state index contributed by atoms with van der Waals surface area (Å²) in [7, 11) is 0. The van der Waals surface area contributed by atoms with Crippen molar-refractivity contribution in [3.63, 3.8) is 0 Å². The van der Waals surface area contributed by atoms with Crippen molar-refractivity contribution in [1.29, 1.82) is 0 Å². The van der Waals surface area contributed by atoms with Crippen LogP contribution in [0.3, 0.4) is 0 Å². The third-order valence-electron chi connectivity index (χ3n) is 3.25. The molecular formula is C14H20N2O2. The van der Waals surface area contributed by atoms with Gasteiger partial charge in [0.25, 0.3) is 5.91 Å². The highest BCUT2D eigenvalue weighted by Gasteiger charge is 2.14. The highest BCUT2D eigenvalue weighted by atomic mass is 16.3. The first kappa shape index (κ1) is 12.9. The molecule has 0 bridgehead atoms. The van der Waals surface area contributed by atoms with Crippen LogP contribution >= 0.6 is 0 Å². The van der Waals surface area contributed by atoms with Crippen LogP contribution in [0, 0.1) is 0 Å². The lowest BCUT2D eigenvalue weighted by Crippen LogP contribution is -2.26. The summed E-state index contributed by atoms with van der Waals surface area (Å²) in [5.74, 6) is -0.140. The topological polar surface area (TPSA) is 61.4 Å². The monoisotopic (exact) mass is 248 g/mol. The predicted molar refractivity (Wildman–Crippen MR) is 71.7 cm³/mol. The smallest absolute Gasteiger partial charge is 0.251 e. The Bertz CT molecular complexity index is 401. The fraction of sp³-hybridized carbons (Fsp3) is 0.500. The molecule has 1 amide bonds. The molecule has 1 aliphatic rings. The largest absolute Gasteiger partial charge is 0.395 e. The van der Waals surface area contributed by atoms with Crippen molar-refractivity contribution in [3.05, 3.63) is 29.8 Å². The van der Waals surface area contributed by atoms with Gasteiger partial charge in [-0.05, 0) is 31.0 Å². The lowest BCUT2D eigenvalue weighted by molar-refractivity contribution is 0.0945. The molecule has 0 atom stereocenters. The van der Waals surface area contributed by atoms with Crippen molar-refractivity contribution in [2.24, 2.45) is 0 Å². The van der Waals surface area contributed by atoms with E-state index in [1.807, 2.05) is 18.2 Å². The molecule has 1 saturated carbocycles. The molecule has 0 aliphatic heterocycles. The molecule has 4 heteroatoms. The second-order valence-electron chi connectivity index (χ2n) is 4.69. The molecule has 98 valence electrons. The van der Waals surface area contributed by atoms with E-state index in [0.717, 1.165) is 5.69 Å². The molecule has 4 nitrogen and oxygen atoms in total. The summed E-state index contributed by atoms with van der Waals surface area (Å²) >= 11 is 0. The molecule has 18 heavy (non-hydrogen) atoms. The van der Waals surface area contributed by atoms with Crippen LogP contribution in [0.2, 0.25) is 0 Å². The highest BCUT2D eigenvalue weighted by molar-refractivity contribution is 5.95. The Morgan fingerprint density at radius 3 is 2.83 bits per heavy atom. The van der Waals surface area contributed by atoms with Crippen LogP contribution in [-0.4, -0.2) is 30.2 Å². The van der Waals surface area contributed by atoms with Crippen LogP contribution in [0.15, 0.2) is 24.3 Å². The normalized spacial score (nSPS) is 15.6. The van der Waals surface area contributed by atoms with E-state index in [2.05, 4.69) is 10.6 Å². The van der Waals surface area contributed by atoms with Gasteiger partial charge in [-0.15, -0.1) is 0 Å². The number of benzene rings is 1. The minimum absolute atomic E-state index is 0.0360. The summed E-state index contributed by atoms with van der Waals surface area (Å²) in [5, 5.41) is 14.8. The number of rotatable bonds is 5. The Kier molecular flexibility index (Phi) is 4.59. The molecule has 0 aromatic heterocycles. The van der Waals surface area contributed by atoms with Gasteiger partial charge in [0.2, 0.25) is 0 Å². The molecule has 1 aliphatic carbocycles. The number of aliphatic hydroxyl groups excluding tert-OH is 1. The zero-order valence-electron chi connectivity index (χ0n) is 10.5. The first-order valence-electron chi connectivity index (χ1n) is 6.55. The fourth-order valence-corrected chi connectivity index (χ4v) is 2.33. The van der Waals surface area contributed by atoms with Crippen molar-refractivity contribution in [3.8, 4) is 0 Å². The molecule has 0 saturated heterocycles. The second kappa shape index (κ2) is 6.40. The maximum absolute atomic E-state index is 11.7. The van der Waals surface area contributed by atoms with Crippen LogP contribution < -0.4 is 10.6 Å². The molecule has 0 unspecified atom stereocenters. The van der Waals surface area contributed by atoms with Gasteiger partial charge in [0, 0.05) is 23.8 Å². The summed E-state index contributed by atoms with van der Waals surface area (Å²) in [6.07, 6.45) is 4.99. The van der Waals surface area contributed by atoms with Gasteiger partial charge in [0.1, 0.15) is 0 Å². The average molecular weight is 248 g/mol. The average Bonchev–Trinajstić information content (AvgIpc) is 2.89. The van der Waals surface area contributed by atoms with E-state index in [9.17, 15) is 4.79 Å². The molecular weight excluding hydrogens is 228 g/mol. The van der Waals surface area contributed by atoms with E-state index in [-0.39, 0.29) is 12.5 Å². The Labute approximate surface area is 107 Å². The maximum Gasteiger partial charge on any atom is 0.251 e. The number of hydrogen-bond acceptors (Lipinski definition) is 3. The summed E-state index contributed by atoms with van der Waals surface area (Å²) in [6, 6.07) is 8.06. The molecule has 1 aromatic rings. The van der Waals surface area contributed by atoms with E-state index in [1.54, 1.807) is 6.07 Å². The summed E-state index contributed by atoms with van der Waals surface area (Å²) < 4.78 is 0. The first-order valence-corrected chi connectivity index (χ1v) is 6.55. The summed E-state index contributed by atoms with van der Waals surface area (Å²) in [5.41, 5.74) is 1.63. The molecule has 0 heterocycles. The lowest BCUT2D eigenvalue weighted by atomic mass is 10.1. The van der Waals surface area contributed by atoms with Crippen molar-refractivity contribution in [1.82, 2.24) is 5.32 Å². The van der Waals surface area contributed by atoms with E-state index in [1.165, 1.54) is 25.7 Å². The molecule has 1 fully saturated rings. The van der Waals surface area contributed by atoms with Gasteiger partial charge in [0.15, 0.2) is 0 Å². The van der Waals surface area contributed by atoms with Crippen LogP contribution in [0.25, 0.3) is 0 Å². The molecule has 0 radical (unpaired) electrons. The van der Waals surface area contributed by atoms with Gasteiger partial charge in [-0.2, -0.15) is 0 Å². The Morgan fingerprint density at radius 1 is 1.33 bits per heavy atom. The zero-order valence-corrected chi connectivity index (χ0v) is 10.5. The minimum Gasteiger partial charge on any atom is -0.395 e. The predicted octanol–water partition coefficient (Wildman–Crippen LogP) is 1.76. The molecule has 3 N–H and O–H groups in total. The summed E-state index contributed by atoms with van der Waals surface area (Å²) in [4.78, 5) is 11.7. The van der Waals surface area contributed by atoms with Gasteiger partial charge in [-0.1, -0.05) is 18.9 Å². The number of hydrogen-bond donors (Lipinski definition) is 3. The van der Waals surface area contributed by atoms with Gasteiger partial charge in [-0.3, -0.25) is 4.79 Å². The van der Waals surface area contributed by atoms with Crippen molar-refractivity contribution in [2.75, 3.05) is 18.5 Å². The minimum atomic E-state index is -0.140. The third kappa shape index (κ3) is 3.47. The molecule has 1 aromatic carbocycles. The fourth-order valence-electron chi connectivity index (χ4n) is 2.33. The van der Waals surface area contributed by atoms with Crippen molar-refractivity contribution < 1.29 is 9.90 Å². The third-order valence-corrected chi connectivity index (χ3v) is 3.25. The number of carbonyl (C=O) groups is 1. The Morgan fingerprint density at radius 2 is 2.11 bits per heavy atom. The summed E-state index contributed by atoms with van der Waals surface area (Å²) in [6.45, 7) is 0.255. The quantitative estimate of drug-likeness (QED) is 0.744. The molecule has 2 rings (SSSR count). The van der Waals surface area contributed by atoms with E-state index in [0.29, 0.717) is 18.2 Å². The van der Waals surface area contributed by atoms with Gasteiger partial charge in [0.05, 0.1) is 6.61 Å². The number of nitrogens with one attached hydrogen (secondary N) is 2. The van der Waals surface area contributed by atoms with Crippen LogP contribution in [-0.2, 0) is 0 Å². The first-order chi connectivity index (χ1) is 8.79. The van der Waals surface area contributed by atoms with E-state index < -0.39 is 0 Å². The number of amides is 1. The van der Waals surface area contributed by atoms with Gasteiger partial charge in [-0.25, -0.2) is 0 Å². The maximum atomic E-state index is 11.7. The van der Waals surface area contributed by atoms with Gasteiger partial charge < -0.3 is 15.7 Å². The SMILES string of the molecule is O=C(NCCO)c1cccc(NC2CCCC2)c1. The van der Waals surface area contributed by atoms with Crippen LogP contribution in [0.5, 0.6) is 0 Å². The van der Waals surface area contributed by atoms with Crippen molar-refractivity contribution in [2.45, 2.75) is 31.7 Å². The number of carbonyl (C=O) groups excluding carboxylic acids is 1. The standard InChI is InChI=1S/C14H20N2O2/c17-9-8-15-14(18)11-4-3-7-13(10-11)16-12-5-1-2-6-12/h3-4,7,10,12,16-17H,1-2,5-6,8-9H2,(H,15,18). The van der Waals surface area contributed by atoms with E-state index in [4.69, 9.17) is 5.11 Å². The Hall–Kier alpha value is -1.55.